The monoisotopic (exact) mass is 271 g/mol. The highest BCUT2D eigenvalue weighted by Gasteiger charge is 2.37. The molecule has 1 N–H and O–H groups in total. The second-order valence-corrected chi connectivity index (χ2v) is 6.58. The predicted octanol–water partition coefficient (Wildman–Crippen LogP) is 4.97. The molecule has 0 spiro atoms. The van der Waals surface area contributed by atoms with E-state index in [-0.39, 0.29) is 0 Å². The summed E-state index contributed by atoms with van der Waals surface area (Å²) < 4.78 is 6.21. The first-order valence-electron chi connectivity index (χ1n) is 7.80. The van der Waals surface area contributed by atoms with Gasteiger partial charge in [-0.2, -0.15) is 0 Å². The number of hydrogen-bond donors (Lipinski definition) is 1. The van der Waals surface area contributed by atoms with Crippen LogP contribution >= 0.6 is 0 Å². The molecule has 1 aliphatic carbocycles. The molecule has 1 saturated carbocycles. The van der Waals surface area contributed by atoms with E-state index in [0.29, 0.717) is 11.5 Å². The SMILES string of the molecule is CNC(c1cc2cccc(C)c2o1)C1(C)CCCCC1. The lowest BCUT2D eigenvalue weighted by atomic mass is 9.70. The van der Waals surface area contributed by atoms with Gasteiger partial charge in [0.15, 0.2) is 0 Å². The second-order valence-electron chi connectivity index (χ2n) is 6.58. The van der Waals surface area contributed by atoms with Crippen molar-refractivity contribution in [2.24, 2.45) is 5.41 Å². The zero-order valence-corrected chi connectivity index (χ0v) is 12.8. The van der Waals surface area contributed by atoms with Gasteiger partial charge in [0.1, 0.15) is 11.3 Å². The van der Waals surface area contributed by atoms with Crippen LogP contribution in [0.5, 0.6) is 0 Å². The van der Waals surface area contributed by atoms with Crippen molar-refractivity contribution in [3.8, 4) is 0 Å². The number of rotatable bonds is 3. The molecule has 1 aromatic heterocycles. The smallest absolute Gasteiger partial charge is 0.137 e. The Bertz CT molecular complexity index is 592. The summed E-state index contributed by atoms with van der Waals surface area (Å²) in [5, 5.41) is 4.74. The fourth-order valence-corrected chi connectivity index (χ4v) is 3.85. The minimum Gasteiger partial charge on any atom is -0.459 e. The van der Waals surface area contributed by atoms with Gasteiger partial charge in [-0.1, -0.05) is 44.4 Å². The lowest BCUT2D eigenvalue weighted by molar-refractivity contribution is 0.136. The third-order valence-electron chi connectivity index (χ3n) is 5.03. The Labute approximate surface area is 121 Å². The van der Waals surface area contributed by atoms with E-state index in [2.05, 4.69) is 50.5 Å². The van der Waals surface area contributed by atoms with Crippen LogP contribution in [0.2, 0.25) is 0 Å². The fraction of sp³-hybridized carbons (Fsp3) is 0.556. The Morgan fingerprint density at radius 3 is 2.60 bits per heavy atom. The topological polar surface area (TPSA) is 25.2 Å². The maximum absolute atomic E-state index is 6.21. The van der Waals surface area contributed by atoms with Crippen LogP contribution in [0.4, 0.5) is 0 Å². The van der Waals surface area contributed by atoms with Crippen molar-refractivity contribution in [3.63, 3.8) is 0 Å². The number of hydrogen-bond acceptors (Lipinski definition) is 2. The molecule has 2 nitrogen and oxygen atoms in total. The van der Waals surface area contributed by atoms with Crippen molar-refractivity contribution in [1.82, 2.24) is 5.32 Å². The molecule has 2 heteroatoms. The molecular weight excluding hydrogens is 246 g/mol. The van der Waals surface area contributed by atoms with Crippen molar-refractivity contribution in [2.75, 3.05) is 7.05 Å². The van der Waals surface area contributed by atoms with E-state index < -0.39 is 0 Å². The van der Waals surface area contributed by atoms with Crippen LogP contribution in [0, 0.1) is 12.3 Å². The summed E-state index contributed by atoms with van der Waals surface area (Å²) in [5.74, 6) is 1.10. The van der Waals surface area contributed by atoms with Crippen molar-refractivity contribution >= 4 is 11.0 Å². The number of fused-ring (bicyclic) bond motifs is 1. The van der Waals surface area contributed by atoms with E-state index >= 15 is 0 Å². The van der Waals surface area contributed by atoms with Crippen LogP contribution in [0.25, 0.3) is 11.0 Å². The summed E-state index contributed by atoms with van der Waals surface area (Å²) in [5.41, 5.74) is 2.58. The van der Waals surface area contributed by atoms with Crippen LogP contribution in [-0.2, 0) is 0 Å². The van der Waals surface area contributed by atoms with Gasteiger partial charge >= 0.3 is 0 Å². The Balaban J connectivity index is 2.00. The highest BCUT2D eigenvalue weighted by Crippen LogP contribution is 2.46. The maximum atomic E-state index is 6.21. The van der Waals surface area contributed by atoms with E-state index in [9.17, 15) is 0 Å². The highest BCUT2D eigenvalue weighted by molar-refractivity contribution is 5.81. The van der Waals surface area contributed by atoms with Gasteiger partial charge in [-0.05, 0) is 43.9 Å². The Morgan fingerprint density at radius 1 is 1.20 bits per heavy atom. The first kappa shape index (κ1) is 13.7. The summed E-state index contributed by atoms with van der Waals surface area (Å²) in [6, 6.07) is 8.91. The van der Waals surface area contributed by atoms with E-state index in [4.69, 9.17) is 4.42 Å². The van der Waals surface area contributed by atoms with Crippen LogP contribution in [0.15, 0.2) is 28.7 Å². The van der Waals surface area contributed by atoms with Gasteiger partial charge in [0.05, 0.1) is 6.04 Å². The lowest BCUT2D eigenvalue weighted by Gasteiger charge is -2.39. The summed E-state index contributed by atoms with van der Waals surface area (Å²) in [4.78, 5) is 0. The molecule has 1 heterocycles. The van der Waals surface area contributed by atoms with Crippen molar-refractivity contribution in [2.45, 2.75) is 52.0 Å². The van der Waals surface area contributed by atoms with Crippen LogP contribution < -0.4 is 5.32 Å². The quantitative estimate of drug-likeness (QED) is 0.852. The highest BCUT2D eigenvalue weighted by atomic mass is 16.3. The number of aryl methyl sites for hydroxylation is 1. The molecule has 0 radical (unpaired) electrons. The third-order valence-corrected chi connectivity index (χ3v) is 5.03. The first-order chi connectivity index (χ1) is 9.64. The van der Waals surface area contributed by atoms with Crippen LogP contribution in [0.1, 0.15) is 56.4 Å². The van der Waals surface area contributed by atoms with Gasteiger partial charge in [0, 0.05) is 5.39 Å². The molecule has 108 valence electrons. The largest absolute Gasteiger partial charge is 0.459 e. The summed E-state index contributed by atoms with van der Waals surface area (Å²) in [6.45, 7) is 4.53. The molecule has 3 rings (SSSR count). The molecular formula is C18H25NO. The molecule has 1 aliphatic rings. The number of furan rings is 1. The minimum atomic E-state index is 0.314. The summed E-state index contributed by atoms with van der Waals surface area (Å²) >= 11 is 0. The van der Waals surface area contributed by atoms with Crippen LogP contribution in [-0.4, -0.2) is 7.05 Å². The average Bonchev–Trinajstić information content (AvgIpc) is 2.85. The van der Waals surface area contributed by atoms with Crippen molar-refractivity contribution in [3.05, 3.63) is 35.6 Å². The van der Waals surface area contributed by atoms with E-state index in [1.54, 1.807) is 0 Å². The standard InChI is InChI=1S/C18H25NO/c1-13-8-7-9-14-12-15(20-16(13)14)17(19-3)18(2)10-5-4-6-11-18/h7-9,12,17,19H,4-6,10-11H2,1-3H3. The van der Waals surface area contributed by atoms with Gasteiger partial charge in [0.25, 0.3) is 0 Å². The second kappa shape index (κ2) is 5.25. The van der Waals surface area contributed by atoms with Gasteiger partial charge in [-0.25, -0.2) is 0 Å². The third kappa shape index (κ3) is 2.26. The molecule has 1 unspecified atom stereocenters. The number of benzene rings is 1. The number of nitrogens with one attached hydrogen (secondary N) is 1. The zero-order chi connectivity index (χ0) is 14.2. The molecule has 20 heavy (non-hydrogen) atoms. The van der Waals surface area contributed by atoms with Crippen molar-refractivity contribution < 1.29 is 4.42 Å². The Hall–Kier alpha value is -1.28. The Morgan fingerprint density at radius 2 is 1.95 bits per heavy atom. The van der Waals surface area contributed by atoms with E-state index in [0.717, 1.165) is 11.3 Å². The fourth-order valence-electron chi connectivity index (χ4n) is 3.85. The molecule has 1 fully saturated rings. The van der Waals surface area contributed by atoms with Gasteiger partial charge < -0.3 is 9.73 Å². The van der Waals surface area contributed by atoms with Gasteiger partial charge in [0.2, 0.25) is 0 Å². The van der Waals surface area contributed by atoms with Gasteiger partial charge in [-0.3, -0.25) is 0 Å². The molecule has 0 saturated heterocycles. The predicted molar refractivity (Wildman–Crippen MR) is 83.9 cm³/mol. The summed E-state index contributed by atoms with van der Waals surface area (Å²) in [7, 11) is 2.06. The lowest BCUT2D eigenvalue weighted by Crippen LogP contribution is -2.35. The normalized spacial score (nSPS) is 20.1. The minimum absolute atomic E-state index is 0.314. The van der Waals surface area contributed by atoms with Crippen LogP contribution in [0.3, 0.4) is 0 Å². The molecule has 2 aromatic rings. The average molecular weight is 271 g/mol. The zero-order valence-electron chi connectivity index (χ0n) is 12.8. The maximum Gasteiger partial charge on any atom is 0.137 e. The molecule has 0 bridgehead atoms. The first-order valence-corrected chi connectivity index (χ1v) is 7.80. The van der Waals surface area contributed by atoms with E-state index in [1.165, 1.54) is 43.1 Å². The molecule has 0 aliphatic heterocycles. The summed E-state index contributed by atoms with van der Waals surface area (Å²) in [6.07, 6.45) is 6.64. The molecule has 0 amide bonds. The van der Waals surface area contributed by atoms with E-state index in [1.807, 2.05) is 0 Å². The van der Waals surface area contributed by atoms with Crippen molar-refractivity contribution in [1.29, 1.82) is 0 Å². The number of para-hydroxylation sites is 1. The molecule has 1 atom stereocenters. The molecule has 1 aromatic carbocycles. The Kier molecular flexibility index (Phi) is 3.59. The van der Waals surface area contributed by atoms with Gasteiger partial charge in [-0.15, -0.1) is 0 Å².